The van der Waals surface area contributed by atoms with Gasteiger partial charge in [-0.25, -0.2) is 4.79 Å². The highest BCUT2D eigenvalue weighted by atomic mass is 32.1. The maximum Gasteiger partial charge on any atom is 0.415 e. The van der Waals surface area contributed by atoms with Gasteiger partial charge in [-0.1, -0.05) is 30.8 Å². The van der Waals surface area contributed by atoms with Crippen molar-refractivity contribution in [3.63, 3.8) is 0 Å². The first-order valence-electron chi connectivity index (χ1n) is 7.54. The summed E-state index contributed by atoms with van der Waals surface area (Å²) in [5, 5.41) is 2.05. The van der Waals surface area contributed by atoms with Gasteiger partial charge in [-0.2, -0.15) is 0 Å². The van der Waals surface area contributed by atoms with Gasteiger partial charge >= 0.3 is 6.09 Å². The summed E-state index contributed by atoms with van der Waals surface area (Å²) < 4.78 is 5.44. The lowest BCUT2D eigenvalue weighted by molar-refractivity contribution is 0.134. The number of ether oxygens (including phenoxy) is 1. The van der Waals surface area contributed by atoms with Crippen molar-refractivity contribution >= 4 is 23.2 Å². The van der Waals surface area contributed by atoms with E-state index in [0.717, 1.165) is 37.1 Å². The number of amides is 1. The van der Waals surface area contributed by atoms with Gasteiger partial charge in [0.25, 0.3) is 0 Å². The van der Waals surface area contributed by atoms with Gasteiger partial charge in [0.15, 0.2) is 0 Å². The zero-order valence-corrected chi connectivity index (χ0v) is 13.3. The van der Waals surface area contributed by atoms with E-state index in [1.54, 1.807) is 16.2 Å². The van der Waals surface area contributed by atoms with Crippen LogP contribution in [0.3, 0.4) is 0 Å². The molecule has 1 aromatic carbocycles. The minimum Gasteiger partial charge on any atom is -0.410 e. The fraction of sp³-hybridized carbons (Fsp3) is 0.278. The molecule has 3 rings (SSSR count). The molecule has 1 aromatic heterocycles. The van der Waals surface area contributed by atoms with Crippen LogP contribution in [-0.4, -0.2) is 24.1 Å². The average Bonchev–Trinajstić information content (AvgIpc) is 3.10. The van der Waals surface area contributed by atoms with Crippen molar-refractivity contribution in [1.82, 2.24) is 4.90 Å². The second-order valence-electron chi connectivity index (χ2n) is 5.40. The van der Waals surface area contributed by atoms with Crippen molar-refractivity contribution in [2.45, 2.75) is 19.3 Å². The molecule has 1 saturated heterocycles. The second-order valence-corrected chi connectivity index (χ2v) is 6.34. The van der Waals surface area contributed by atoms with E-state index in [4.69, 9.17) is 4.74 Å². The monoisotopic (exact) mass is 313 g/mol. The van der Waals surface area contributed by atoms with E-state index in [-0.39, 0.29) is 6.09 Å². The lowest BCUT2D eigenvalue weighted by Gasteiger charge is -2.26. The maximum absolute atomic E-state index is 12.1. The summed E-state index contributed by atoms with van der Waals surface area (Å²) in [6.07, 6.45) is 3.00. The normalized spacial score (nSPS) is 14.6. The van der Waals surface area contributed by atoms with Gasteiger partial charge < -0.3 is 9.64 Å². The van der Waals surface area contributed by atoms with Crippen molar-refractivity contribution in [3.8, 4) is 10.4 Å². The number of likely N-dealkylation sites (tertiary alicyclic amines) is 1. The number of carbonyl (C=O) groups is 1. The Balaban J connectivity index is 1.69. The van der Waals surface area contributed by atoms with Crippen molar-refractivity contribution in [3.05, 3.63) is 53.9 Å². The van der Waals surface area contributed by atoms with Crippen LogP contribution in [0.5, 0.6) is 0 Å². The molecule has 0 bridgehead atoms. The van der Waals surface area contributed by atoms with Gasteiger partial charge in [-0.05, 0) is 42.3 Å². The Morgan fingerprint density at radius 3 is 2.68 bits per heavy atom. The Kier molecular flexibility index (Phi) is 4.59. The zero-order valence-electron chi connectivity index (χ0n) is 12.5. The number of rotatable bonds is 3. The first-order valence-corrected chi connectivity index (χ1v) is 8.42. The molecular weight excluding hydrogens is 294 g/mol. The lowest BCUT2D eigenvalue weighted by atomic mass is 10.1. The molecule has 0 radical (unpaired) electrons. The molecule has 1 aliphatic heterocycles. The molecule has 0 atom stereocenters. The van der Waals surface area contributed by atoms with Crippen molar-refractivity contribution < 1.29 is 9.53 Å². The van der Waals surface area contributed by atoms with Crippen molar-refractivity contribution in [1.29, 1.82) is 0 Å². The van der Waals surface area contributed by atoms with Gasteiger partial charge in [-0.3, -0.25) is 0 Å². The Morgan fingerprint density at radius 2 is 1.95 bits per heavy atom. The van der Waals surface area contributed by atoms with E-state index < -0.39 is 0 Å². The van der Waals surface area contributed by atoms with Gasteiger partial charge in [0, 0.05) is 23.5 Å². The van der Waals surface area contributed by atoms with E-state index in [0.29, 0.717) is 5.76 Å². The highest BCUT2D eigenvalue weighted by molar-refractivity contribution is 7.13. The van der Waals surface area contributed by atoms with Crippen LogP contribution < -0.4 is 0 Å². The summed E-state index contributed by atoms with van der Waals surface area (Å²) in [5.74, 6) is 0.411. The quantitative estimate of drug-likeness (QED) is 0.746. The molecule has 1 fully saturated rings. The SMILES string of the molecule is C=C(OC(=O)N1CCCCC1)c1cccc(-c2cccs2)c1. The van der Waals surface area contributed by atoms with Gasteiger partial charge in [-0.15, -0.1) is 11.3 Å². The Labute approximate surface area is 134 Å². The van der Waals surface area contributed by atoms with Crippen LogP contribution in [0.15, 0.2) is 48.4 Å². The molecule has 1 aliphatic rings. The third kappa shape index (κ3) is 3.39. The molecule has 0 saturated carbocycles. The summed E-state index contributed by atoms with van der Waals surface area (Å²) >= 11 is 1.69. The van der Waals surface area contributed by atoms with Gasteiger partial charge in [0.1, 0.15) is 5.76 Å². The zero-order chi connectivity index (χ0) is 15.4. The standard InChI is InChI=1S/C18H19NO2S/c1-14(21-18(20)19-10-3-2-4-11-19)15-7-5-8-16(13-15)17-9-6-12-22-17/h5-9,12-13H,1-4,10-11H2. The van der Waals surface area contributed by atoms with Crippen LogP contribution in [-0.2, 0) is 4.74 Å². The number of hydrogen-bond donors (Lipinski definition) is 0. The van der Waals surface area contributed by atoms with E-state index in [1.165, 1.54) is 11.3 Å². The molecule has 3 nitrogen and oxygen atoms in total. The van der Waals surface area contributed by atoms with Gasteiger partial charge in [0.2, 0.25) is 0 Å². The molecule has 114 valence electrons. The Bertz CT molecular complexity index is 657. The second kappa shape index (κ2) is 6.79. The minimum absolute atomic E-state index is 0.286. The first-order chi connectivity index (χ1) is 10.7. The fourth-order valence-electron chi connectivity index (χ4n) is 2.59. The summed E-state index contributed by atoms with van der Waals surface area (Å²) in [6.45, 7) is 5.47. The Morgan fingerprint density at radius 1 is 1.14 bits per heavy atom. The predicted molar refractivity (Wildman–Crippen MR) is 90.7 cm³/mol. The molecule has 2 heterocycles. The number of carbonyl (C=O) groups excluding carboxylic acids is 1. The first kappa shape index (κ1) is 14.9. The number of thiophene rings is 1. The summed E-state index contributed by atoms with van der Waals surface area (Å²) in [4.78, 5) is 15.1. The molecule has 0 unspecified atom stereocenters. The highest BCUT2D eigenvalue weighted by Gasteiger charge is 2.19. The molecule has 1 amide bonds. The van der Waals surface area contributed by atoms with Crippen molar-refractivity contribution in [2.24, 2.45) is 0 Å². The van der Waals surface area contributed by atoms with Crippen molar-refractivity contribution in [2.75, 3.05) is 13.1 Å². The number of piperidine rings is 1. The topological polar surface area (TPSA) is 29.5 Å². The largest absolute Gasteiger partial charge is 0.415 e. The minimum atomic E-state index is -0.286. The average molecular weight is 313 g/mol. The summed E-state index contributed by atoms with van der Waals surface area (Å²) in [6, 6.07) is 12.0. The molecule has 4 heteroatoms. The van der Waals surface area contributed by atoms with Crippen LogP contribution in [0, 0.1) is 0 Å². The maximum atomic E-state index is 12.1. The van der Waals surface area contributed by atoms with E-state index >= 15 is 0 Å². The molecule has 0 aliphatic carbocycles. The third-order valence-electron chi connectivity index (χ3n) is 3.82. The molecule has 2 aromatic rings. The predicted octanol–water partition coefficient (Wildman–Crippen LogP) is 5.01. The number of hydrogen-bond acceptors (Lipinski definition) is 3. The van der Waals surface area contributed by atoms with Crippen LogP contribution in [0.2, 0.25) is 0 Å². The highest BCUT2D eigenvalue weighted by Crippen LogP contribution is 2.27. The molecule has 0 spiro atoms. The molecule has 0 N–H and O–H groups in total. The van der Waals surface area contributed by atoms with Crippen LogP contribution in [0.25, 0.3) is 16.2 Å². The third-order valence-corrected chi connectivity index (χ3v) is 4.73. The Hall–Kier alpha value is -2.07. The fourth-order valence-corrected chi connectivity index (χ4v) is 3.32. The number of nitrogens with zero attached hydrogens (tertiary/aromatic N) is 1. The van der Waals surface area contributed by atoms with Gasteiger partial charge in [0.05, 0.1) is 0 Å². The van der Waals surface area contributed by atoms with Crippen LogP contribution in [0.1, 0.15) is 24.8 Å². The van der Waals surface area contributed by atoms with E-state index in [9.17, 15) is 4.79 Å². The summed E-state index contributed by atoms with van der Waals surface area (Å²) in [7, 11) is 0. The summed E-state index contributed by atoms with van der Waals surface area (Å²) in [5.41, 5.74) is 1.96. The smallest absolute Gasteiger partial charge is 0.410 e. The number of benzene rings is 1. The van der Waals surface area contributed by atoms with E-state index in [2.05, 4.69) is 18.7 Å². The van der Waals surface area contributed by atoms with Crippen LogP contribution in [0.4, 0.5) is 4.79 Å². The van der Waals surface area contributed by atoms with Crippen LogP contribution >= 0.6 is 11.3 Å². The molecular formula is C18H19NO2S. The lowest BCUT2D eigenvalue weighted by Crippen LogP contribution is -2.35. The van der Waals surface area contributed by atoms with E-state index in [1.807, 2.05) is 29.6 Å². The molecule has 22 heavy (non-hydrogen) atoms.